The van der Waals surface area contributed by atoms with E-state index in [-0.39, 0.29) is 11.7 Å². The van der Waals surface area contributed by atoms with E-state index in [1.807, 2.05) is 47.0 Å². The Kier molecular flexibility index (Phi) is 7.42. The standard InChI is InChI=1S/C26H26N4O2S/c1-3-19-9-13-22(14-10-19)30-24(17-20-7-5-4-6-8-20)28-29-26(30)33-18-25(31)27-21-11-15-23(32-2)16-12-21/h4-16H,3,17-18H2,1-2H3,(H,27,31). The molecule has 0 aliphatic carbocycles. The number of thioether (sulfide) groups is 1. The quantitative estimate of drug-likeness (QED) is 0.351. The number of nitrogens with one attached hydrogen (secondary N) is 1. The second kappa shape index (κ2) is 10.8. The average molecular weight is 459 g/mol. The molecular weight excluding hydrogens is 432 g/mol. The highest BCUT2D eigenvalue weighted by atomic mass is 32.2. The summed E-state index contributed by atoms with van der Waals surface area (Å²) in [7, 11) is 1.61. The Bertz CT molecular complexity index is 1190. The molecule has 1 amide bonds. The van der Waals surface area contributed by atoms with Crippen molar-refractivity contribution in [1.82, 2.24) is 14.8 Å². The smallest absolute Gasteiger partial charge is 0.234 e. The van der Waals surface area contributed by atoms with Crippen LogP contribution in [0.25, 0.3) is 5.69 Å². The third kappa shape index (κ3) is 5.81. The molecule has 0 bridgehead atoms. The summed E-state index contributed by atoms with van der Waals surface area (Å²) in [5.74, 6) is 1.70. The van der Waals surface area contributed by atoms with Crippen molar-refractivity contribution in [3.8, 4) is 11.4 Å². The Morgan fingerprint density at radius 2 is 1.67 bits per heavy atom. The molecule has 0 atom stereocenters. The lowest BCUT2D eigenvalue weighted by molar-refractivity contribution is -0.113. The fourth-order valence-electron chi connectivity index (χ4n) is 3.43. The van der Waals surface area contributed by atoms with Crippen molar-refractivity contribution in [3.63, 3.8) is 0 Å². The zero-order valence-corrected chi connectivity index (χ0v) is 19.5. The number of carbonyl (C=O) groups excluding carboxylic acids is 1. The first-order valence-electron chi connectivity index (χ1n) is 10.8. The van der Waals surface area contributed by atoms with E-state index in [9.17, 15) is 4.79 Å². The number of hydrogen-bond acceptors (Lipinski definition) is 5. The number of hydrogen-bond donors (Lipinski definition) is 1. The van der Waals surface area contributed by atoms with Crippen LogP contribution in [0.1, 0.15) is 23.9 Å². The molecule has 0 unspecified atom stereocenters. The fraction of sp³-hybridized carbons (Fsp3) is 0.192. The molecule has 1 heterocycles. The fourth-order valence-corrected chi connectivity index (χ4v) is 4.20. The molecule has 1 N–H and O–H groups in total. The number of benzene rings is 3. The number of ether oxygens (including phenoxy) is 1. The Morgan fingerprint density at radius 3 is 2.33 bits per heavy atom. The van der Waals surface area contributed by atoms with Gasteiger partial charge in [0.2, 0.25) is 5.91 Å². The van der Waals surface area contributed by atoms with Crippen molar-refractivity contribution in [2.45, 2.75) is 24.9 Å². The van der Waals surface area contributed by atoms with E-state index in [2.05, 4.69) is 58.8 Å². The minimum Gasteiger partial charge on any atom is -0.497 e. The number of aryl methyl sites for hydroxylation is 1. The highest BCUT2D eigenvalue weighted by Crippen LogP contribution is 2.24. The summed E-state index contributed by atoms with van der Waals surface area (Å²) >= 11 is 1.37. The molecule has 0 spiro atoms. The van der Waals surface area contributed by atoms with Crippen LogP contribution in [0.5, 0.6) is 5.75 Å². The second-order valence-corrected chi connectivity index (χ2v) is 8.42. The van der Waals surface area contributed by atoms with Crippen LogP contribution in [0.4, 0.5) is 5.69 Å². The van der Waals surface area contributed by atoms with Gasteiger partial charge < -0.3 is 10.1 Å². The number of carbonyl (C=O) groups is 1. The van der Waals surface area contributed by atoms with Crippen molar-refractivity contribution in [3.05, 3.63) is 95.8 Å². The molecule has 0 aliphatic heterocycles. The zero-order valence-electron chi connectivity index (χ0n) is 18.7. The van der Waals surface area contributed by atoms with Crippen LogP contribution in [0, 0.1) is 0 Å². The van der Waals surface area contributed by atoms with Gasteiger partial charge in [-0.2, -0.15) is 0 Å². The first-order chi connectivity index (χ1) is 16.2. The maximum absolute atomic E-state index is 12.5. The molecule has 6 nitrogen and oxygen atoms in total. The van der Waals surface area contributed by atoms with Crippen LogP contribution in [0.3, 0.4) is 0 Å². The number of aromatic nitrogens is 3. The molecule has 0 saturated carbocycles. The monoisotopic (exact) mass is 458 g/mol. The second-order valence-electron chi connectivity index (χ2n) is 7.48. The zero-order chi connectivity index (χ0) is 23.0. The van der Waals surface area contributed by atoms with E-state index in [0.29, 0.717) is 11.6 Å². The van der Waals surface area contributed by atoms with Crippen molar-refractivity contribution in [2.75, 3.05) is 18.2 Å². The Balaban J connectivity index is 1.53. The molecular formula is C26H26N4O2S. The Labute approximate surface area is 198 Å². The van der Waals surface area contributed by atoms with Gasteiger partial charge in [-0.25, -0.2) is 0 Å². The highest BCUT2D eigenvalue weighted by molar-refractivity contribution is 7.99. The first-order valence-corrected chi connectivity index (χ1v) is 11.8. The lowest BCUT2D eigenvalue weighted by Crippen LogP contribution is -2.14. The van der Waals surface area contributed by atoms with Gasteiger partial charge in [0.25, 0.3) is 0 Å². The third-order valence-corrected chi connectivity index (χ3v) is 6.14. The molecule has 0 radical (unpaired) electrons. The van der Waals surface area contributed by atoms with E-state index >= 15 is 0 Å². The highest BCUT2D eigenvalue weighted by Gasteiger charge is 2.16. The number of nitrogens with zero attached hydrogens (tertiary/aromatic N) is 3. The maximum Gasteiger partial charge on any atom is 0.234 e. The van der Waals surface area contributed by atoms with Gasteiger partial charge in [0.15, 0.2) is 5.16 Å². The predicted molar refractivity (Wildman–Crippen MR) is 132 cm³/mol. The minimum absolute atomic E-state index is 0.106. The van der Waals surface area contributed by atoms with Crippen LogP contribution in [-0.2, 0) is 17.6 Å². The number of methoxy groups -OCH3 is 1. The predicted octanol–water partition coefficient (Wildman–Crippen LogP) is 5.16. The van der Waals surface area contributed by atoms with E-state index in [1.54, 1.807) is 7.11 Å². The summed E-state index contributed by atoms with van der Waals surface area (Å²) in [5.41, 5.74) is 4.14. The molecule has 0 saturated heterocycles. The molecule has 4 rings (SSSR count). The number of anilines is 1. The summed E-state index contributed by atoms with van der Waals surface area (Å²) in [6.07, 6.45) is 1.63. The van der Waals surface area contributed by atoms with E-state index in [1.165, 1.54) is 17.3 Å². The van der Waals surface area contributed by atoms with E-state index < -0.39 is 0 Å². The number of rotatable bonds is 9. The molecule has 0 aliphatic rings. The Hall–Kier alpha value is -3.58. The molecule has 33 heavy (non-hydrogen) atoms. The van der Waals surface area contributed by atoms with Gasteiger partial charge in [-0.05, 0) is 53.9 Å². The summed E-state index contributed by atoms with van der Waals surface area (Å²) in [5, 5.41) is 12.5. The molecule has 7 heteroatoms. The molecule has 168 valence electrons. The maximum atomic E-state index is 12.5. The van der Waals surface area contributed by atoms with Gasteiger partial charge in [0.1, 0.15) is 11.6 Å². The topological polar surface area (TPSA) is 69.0 Å². The molecule has 1 aromatic heterocycles. The lowest BCUT2D eigenvalue weighted by atomic mass is 10.1. The minimum atomic E-state index is -0.106. The normalized spacial score (nSPS) is 10.7. The summed E-state index contributed by atoms with van der Waals surface area (Å²) in [6.45, 7) is 2.14. The van der Waals surface area contributed by atoms with Crippen LogP contribution in [0.15, 0.2) is 84.0 Å². The summed E-state index contributed by atoms with van der Waals surface area (Å²) in [6, 6.07) is 25.9. The summed E-state index contributed by atoms with van der Waals surface area (Å²) < 4.78 is 7.20. The molecule has 3 aromatic carbocycles. The first kappa shape index (κ1) is 22.6. The van der Waals surface area contributed by atoms with Crippen molar-refractivity contribution in [2.24, 2.45) is 0 Å². The van der Waals surface area contributed by atoms with Gasteiger partial charge in [0.05, 0.1) is 12.9 Å². The molecule has 4 aromatic rings. The third-order valence-electron chi connectivity index (χ3n) is 5.21. The van der Waals surface area contributed by atoms with E-state index in [0.717, 1.165) is 34.9 Å². The van der Waals surface area contributed by atoms with Crippen LogP contribution >= 0.6 is 11.8 Å². The Morgan fingerprint density at radius 1 is 0.939 bits per heavy atom. The van der Waals surface area contributed by atoms with Gasteiger partial charge in [0, 0.05) is 17.8 Å². The van der Waals surface area contributed by atoms with Crippen molar-refractivity contribution < 1.29 is 9.53 Å². The lowest BCUT2D eigenvalue weighted by Gasteiger charge is -2.11. The van der Waals surface area contributed by atoms with Gasteiger partial charge in [-0.1, -0.05) is 61.2 Å². The largest absolute Gasteiger partial charge is 0.497 e. The SMILES string of the molecule is CCc1ccc(-n2c(Cc3ccccc3)nnc2SCC(=O)Nc2ccc(OC)cc2)cc1. The van der Waals surface area contributed by atoms with Crippen LogP contribution in [0.2, 0.25) is 0 Å². The van der Waals surface area contributed by atoms with Gasteiger partial charge in [-0.3, -0.25) is 9.36 Å². The molecule has 0 fully saturated rings. The van der Waals surface area contributed by atoms with Crippen LogP contribution in [-0.4, -0.2) is 33.5 Å². The summed E-state index contributed by atoms with van der Waals surface area (Å²) in [4.78, 5) is 12.5. The average Bonchev–Trinajstić information content (AvgIpc) is 3.26. The van der Waals surface area contributed by atoms with Crippen LogP contribution < -0.4 is 10.1 Å². The number of amides is 1. The van der Waals surface area contributed by atoms with E-state index in [4.69, 9.17) is 4.74 Å². The van der Waals surface area contributed by atoms with Gasteiger partial charge >= 0.3 is 0 Å². The van der Waals surface area contributed by atoms with Crippen molar-refractivity contribution in [1.29, 1.82) is 0 Å². The van der Waals surface area contributed by atoms with Gasteiger partial charge in [-0.15, -0.1) is 10.2 Å². The van der Waals surface area contributed by atoms with Crippen molar-refractivity contribution >= 4 is 23.4 Å².